The van der Waals surface area contributed by atoms with Crippen LogP contribution in [0.2, 0.25) is 0 Å². The van der Waals surface area contributed by atoms with Crippen LogP contribution in [-0.2, 0) is 4.79 Å². The SMILES string of the molecule is CC1CCN(C(=O)C(C(F)(F)F)C(F)(F)F)C1CBr. The maximum atomic E-state index is 12.5. The molecule has 0 bridgehead atoms. The molecular weight excluding hydrogens is 344 g/mol. The number of halogens is 7. The molecule has 19 heavy (non-hydrogen) atoms. The number of likely N-dealkylation sites (tertiary alicyclic amines) is 1. The average Bonchev–Trinajstić information content (AvgIpc) is 2.54. The first-order valence-electron chi connectivity index (χ1n) is 5.50. The highest BCUT2D eigenvalue weighted by Gasteiger charge is 2.62. The largest absolute Gasteiger partial charge is 0.409 e. The van der Waals surface area contributed by atoms with E-state index in [1.165, 1.54) is 0 Å². The standard InChI is InChI=1S/C10H12BrF6NO/c1-5-2-3-18(6(5)4-11)8(19)7(9(12,13)14)10(15,16)17/h5-7H,2-4H2,1H3. The van der Waals surface area contributed by atoms with Crippen molar-refractivity contribution in [1.29, 1.82) is 0 Å². The Labute approximate surface area is 114 Å². The maximum absolute atomic E-state index is 12.5. The second kappa shape index (κ2) is 5.49. The second-order valence-corrected chi connectivity index (χ2v) is 5.18. The van der Waals surface area contributed by atoms with Crippen molar-refractivity contribution in [2.24, 2.45) is 11.8 Å². The summed E-state index contributed by atoms with van der Waals surface area (Å²) in [6.45, 7) is 1.61. The summed E-state index contributed by atoms with van der Waals surface area (Å²) >= 11 is 3.02. The zero-order valence-corrected chi connectivity index (χ0v) is 11.4. The van der Waals surface area contributed by atoms with Gasteiger partial charge in [0.25, 0.3) is 0 Å². The molecule has 0 saturated carbocycles. The van der Waals surface area contributed by atoms with Gasteiger partial charge in [0.2, 0.25) is 11.8 Å². The molecule has 2 unspecified atom stereocenters. The Hall–Kier alpha value is -0.470. The van der Waals surface area contributed by atoms with Gasteiger partial charge in [0.1, 0.15) is 0 Å². The van der Waals surface area contributed by atoms with Gasteiger partial charge in [-0.2, -0.15) is 26.3 Å². The summed E-state index contributed by atoms with van der Waals surface area (Å²) in [5, 5.41) is 0.155. The van der Waals surface area contributed by atoms with Gasteiger partial charge < -0.3 is 4.90 Å². The van der Waals surface area contributed by atoms with E-state index in [1.807, 2.05) is 0 Å². The summed E-state index contributed by atoms with van der Waals surface area (Å²) in [5.41, 5.74) is 0. The summed E-state index contributed by atoms with van der Waals surface area (Å²) in [6, 6.07) is -0.639. The van der Waals surface area contributed by atoms with E-state index in [1.54, 1.807) is 6.92 Å². The Kier molecular flexibility index (Phi) is 4.79. The second-order valence-electron chi connectivity index (χ2n) is 4.54. The van der Waals surface area contributed by atoms with Crippen LogP contribution < -0.4 is 0 Å². The molecule has 2 nitrogen and oxygen atoms in total. The van der Waals surface area contributed by atoms with E-state index in [9.17, 15) is 31.1 Å². The zero-order valence-electron chi connectivity index (χ0n) is 9.85. The Bertz CT molecular complexity index is 328. The van der Waals surface area contributed by atoms with E-state index < -0.39 is 30.2 Å². The molecule has 9 heteroatoms. The highest BCUT2D eigenvalue weighted by atomic mass is 79.9. The van der Waals surface area contributed by atoms with E-state index in [2.05, 4.69) is 15.9 Å². The van der Waals surface area contributed by atoms with Crippen molar-refractivity contribution in [2.45, 2.75) is 31.7 Å². The molecule has 2 atom stereocenters. The lowest BCUT2D eigenvalue weighted by molar-refractivity contribution is -0.277. The van der Waals surface area contributed by atoms with Crippen LogP contribution in [0.5, 0.6) is 0 Å². The van der Waals surface area contributed by atoms with Crippen molar-refractivity contribution in [3.63, 3.8) is 0 Å². The van der Waals surface area contributed by atoms with Crippen molar-refractivity contribution >= 4 is 21.8 Å². The molecular formula is C10H12BrF6NO. The minimum Gasteiger partial charge on any atom is -0.338 e. The van der Waals surface area contributed by atoms with Gasteiger partial charge in [0.15, 0.2) is 0 Å². The average molecular weight is 356 g/mol. The molecule has 1 saturated heterocycles. The number of amides is 1. The van der Waals surface area contributed by atoms with Gasteiger partial charge in [-0.3, -0.25) is 4.79 Å². The lowest BCUT2D eigenvalue weighted by atomic mass is 10.0. The predicted octanol–water partition coefficient (Wildman–Crippen LogP) is 3.36. The van der Waals surface area contributed by atoms with Gasteiger partial charge in [-0.25, -0.2) is 0 Å². The van der Waals surface area contributed by atoms with Crippen LogP contribution in [0, 0.1) is 11.8 Å². The van der Waals surface area contributed by atoms with Crippen molar-refractivity contribution < 1.29 is 31.1 Å². The normalized spacial score (nSPS) is 25.2. The monoisotopic (exact) mass is 355 g/mol. The van der Waals surface area contributed by atoms with E-state index in [0.29, 0.717) is 11.3 Å². The smallest absolute Gasteiger partial charge is 0.338 e. The first-order chi connectivity index (χ1) is 8.50. The minimum absolute atomic E-state index is 0.0844. The Morgan fingerprint density at radius 2 is 1.74 bits per heavy atom. The predicted molar refractivity (Wildman–Crippen MR) is 58.7 cm³/mol. The molecule has 112 valence electrons. The van der Waals surface area contributed by atoms with Crippen LogP contribution in [0.4, 0.5) is 26.3 Å². The van der Waals surface area contributed by atoms with Crippen molar-refractivity contribution in [1.82, 2.24) is 4.90 Å². The third-order valence-electron chi connectivity index (χ3n) is 3.23. The van der Waals surface area contributed by atoms with E-state index in [4.69, 9.17) is 0 Å². The van der Waals surface area contributed by atoms with Crippen LogP contribution in [0.15, 0.2) is 0 Å². The number of alkyl halides is 7. The molecule has 1 amide bonds. The fraction of sp³-hybridized carbons (Fsp3) is 0.900. The molecule has 1 rings (SSSR count). The van der Waals surface area contributed by atoms with Crippen molar-refractivity contribution in [2.75, 3.05) is 11.9 Å². The minimum atomic E-state index is -5.63. The first-order valence-corrected chi connectivity index (χ1v) is 6.62. The highest BCUT2D eigenvalue weighted by Crippen LogP contribution is 2.42. The summed E-state index contributed by atoms with van der Waals surface area (Å²) < 4.78 is 74.8. The molecule has 0 aliphatic carbocycles. The lowest BCUT2D eigenvalue weighted by Crippen LogP contribution is -2.51. The van der Waals surface area contributed by atoms with Gasteiger partial charge >= 0.3 is 12.4 Å². The number of hydrogen-bond acceptors (Lipinski definition) is 1. The fourth-order valence-corrected chi connectivity index (χ4v) is 3.14. The Morgan fingerprint density at radius 3 is 2.11 bits per heavy atom. The summed E-state index contributed by atoms with van der Waals surface area (Å²) in [4.78, 5) is 12.3. The third-order valence-corrected chi connectivity index (χ3v) is 3.89. The molecule has 1 heterocycles. The molecule has 0 radical (unpaired) electrons. The number of carbonyl (C=O) groups excluding carboxylic acids is 1. The summed E-state index contributed by atoms with van der Waals surface area (Å²) in [6.07, 6.45) is -10.9. The molecule has 0 aromatic heterocycles. The van der Waals surface area contributed by atoms with Gasteiger partial charge in [0, 0.05) is 17.9 Å². The number of carbonyl (C=O) groups is 1. The number of nitrogens with zero attached hydrogens (tertiary/aromatic N) is 1. The van der Waals surface area contributed by atoms with E-state index in [-0.39, 0.29) is 17.8 Å². The highest BCUT2D eigenvalue weighted by molar-refractivity contribution is 9.09. The maximum Gasteiger partial charge on any atom is 0.409 e. The molecule has 0 aromatic carbocycles. The van der Waals surface area contributed by atoms with Crippen LogP contribution in [0.1, 0.15) is 13.3 Å². The summed E-state index contributed by atoms with van der Waals surface area (Å²) in [7, 11) is 0. The van der Waals surface area contributed by atoms with Gasteiger partial charge in [-0.15, -0.1) is 0 Å². The van der Waals surface area contributed by atoms with Gasteiger partial charge in [-0.05, 0) is 12.3 Å². The third kappa shape index (κ3) is 3.55. The summed E-state index contributed by atoms with van der Waals surface area (Å²) in [5.74, 6) is -5.98. The fourth-order valence-electron chi connectivity index (χ4n) is 2.15. The van der Waals surface area contributed by atoms with Crippen LogP contribution in [0.25, 0.3) is 0 Å². The molecule has 1 aliphatic heterocycles. The number of hydrogen-bond donors (Lipinski definition) is 0. The Morgan fingerprint density at radius 1 is 1.26 bits per heavy atom. The van der Waals surface area contributed by atoms with Crippen molar-refractivity contribution in [3.05, 3.63) is 0 Å². The van der Waals surface area contributed by atoms with Crippen LogP contribution >= 0.6 is 15.9 Å². The van der Waals surface area contributed by atoms with Crippen molar-refractivity contribution in [3.8, 4) is 0 Å². The Balaban J connectivity index is 3.02. The van der Waals surface area contributed by atoms with Gasteiger partial charge in [-0.1, -0.05) is 22.9 Å². The van der Waals surface area contributed by atoms with Gasteiger partial charge in [0.05, 0.1) is 0 Å². The van der Waals surface area contributed by atoms with E-state index in [0.717, 1.165) is 0 Å². The van der Waals surface area contributed by atoms with Crippen LogP contribution in [0.3, 0.4) is 0 Å². The topological polar surface area (TPSA) is 20.3 Å². The first kappa shape index (κ1) is 16.6. The quantitative estimate of drug-likeness (QED) is 0.549. The molecule has 0 spiro atoms. The molecule has 1 fully saturated rings. The van der Waals surface area contributed by atoms with Crippen LogP contribution in [-0.4, -0.2) is 41.1 Å². The van der Waals surface area contributed by atoms with E-state index >= 15 is 0 Å². The molecule has 0 aromatic rings. The lowest BCUT2D eigenvalue weighted by Gasteiger charge is -2.31. The molecule has 0 N–H and O–H groups in total. The molecule has 1 aliphatic rings. The zero-order chi connectivity index (χ0) is 15.0. The number of rotatable bonds is 2.